The van der Waals surface area contributed by atoms with Gasteiger partial charge >= 0.3 is 5.97 Å². The summed E-state index contributed by atoms with van der Waals surface area (Å²) in [5.74, 6) is -0.101. The maximum atomic E-state index is 12.3. The lowest BCUT2D eigenvalue weighted by atomic mass is 9.83. The Morgan fingerprint density at radius 2 is 1.67 bits per heavy atom. The van der Waals surface area contributed by atoms with Crippen LogP contribution in [0.15, 0.2) is 81.8 Å². The second-order valence-corrected chi connectivity index (χ2v) is 16.6. The third-order valence-corrected chi connectivity index (χ3v) is 10.9. The summed E-state index contributed by atoms with van der Waals surface area (Å²) >= 11 is 0. The van der Waals surface area contributed by atoms with Crippen LogP contribution in [0, 0.1) is 0 Å². The van der Waals surface area contributed by atoms with E-state index in [9.17, 15) is 27.4 Å². The molecule has 12 heteroatoms. The summed E-state index contributed by atoms with van der Waals surface area (Å²) in [6.07, 6.45) is 11.7. The van der Waals surface area contributed by atoms with Crippen LogP contribution in [0.1, 0.15) is 104 Å². The van der Waals surface area contributed by atoms with E-state index in [1.807, 2.05) is 44.2 Å². The third kappa shape index (κ3) is 8.93. The van der Waals surface area contributed by atoms with Crippen LogP contribution in [0.25, 0.3) is 17.4 Å². The highest BCUT2D eigenvalue weighted by Gasteiger charge is 2.40. The molecule has 1 saturated heterocycles. The molecule has 3 heterocycles. The van der Waals surface area contributed by atoms with Gasteiger partial charge in [-0.3, -0.25) is 9.59 Å². The molecule has 288 valence electrons. The van der Waals surface area contributed by atoms with Gasteiger partial charge in [-0.2, -0.15) is 0 Å². The summed E-state index contributed by atoms with van der Waals surface area (Å²) < 4.78 is 44.5. The molecule has 1 fully saturated rings. The highest BCUT2D eigenvalue weighted by atomic mass is 32.2. The Balaban J connectivity index is 1.36. The summed E-state index contributed by atoms with van der Waals surface area (Å²) in [5.41, 5.74) is 4.00. The average Bonchev–Trinajstić information content (AvgIpc) is 3.53. The van der Waals surface area contributed by atoms with Crippen molar-refractivity contribution in [3.05, 3.63) is 94.7 Å². The minimum Gasteiger partial charge on any atom is -0.744 e. The molecule has 0 N–H and O–H groups in total. The van der Waals surface area contributed by atoms with E-state index < -0.39 is 33.3 Å². The average molecular weight is 758 g/mol. The Morgan fingerprint density at radius 1 is 0.963 bits per heavy atom. The smallest absolute Gasteiger partial charge is 0.333 e. The van der Waals surface area contributed by atoms with Crippen LogP contribution in [-0.4, -0.2) is 55.5 Å². The highest BCUT2D eigenvalue weighted by molar-refractivity contribution is 7.85. The first kappa shape index (κ1) is 40.4. The number of fused-ring (bicyclic) bond motifs is 2. The van der Waals surface area contributed by atoms with E-state index in [0.29, 0.717) is 30.9 Å². The van der Waals surface area contributed by atoms with E-state index in [4.69, 9.17) is 9.25 Å². The van der Waals surface area contributed by atoms with Crippen LogP contribution in [0.4, 0.5) is 5.69 Å². The zero-order chi connectivity index (χ0) is 39.4. The van der Waals surface area contributed by atoms with E-state index in [0.717, 1.165) is 52.5 Å². The molecular weight excluding hydrogens is 707 g/mol. The fourth-order valence-corrected chi connectivity index (χ4v) is 7.61. The quantitative estimate of drug-likeness (QED) is 0.0604. The summed E-state index contributed by atoms with van der Waals surface area (Å²) in [5, 5.41) is 1.67. The van der Waals surface area contributed by atoms with Crippen molar-refractivity contribution in [1.82, 2.24) is 9.64 Å². The molecular formula is C42H51N3O8S. The molecule has 3 aliphatic heterocycles. The predicted octanol–water partition coefficient (Wildman–Crippen LogP) is 6.82. The molecule has 0 radical (unpaired) electrons. The van der Waals surface area contributed by atoms with Gasteiger partial charge in [0.1, 0.15) is 34.7 Å². The van der Waals surface area contributed by atoms with Gasteiger partial charge in [0, 0.05) is 54.2 Å². The number of hydrogen-bond acceptors (Lipinski definition) is 9. The zero-order valence-corrected chi connectivity index (χ0v) is 33.1. The topological polar surface area (TPSA) is 140 Å². The first-order valence-corrected chi connectivity index (χ1v) is 20.0. The number of carbonyl (C=O) groups is 3. The number of benzene rings is 2. The van der Waals surface area contributed by atoms with Crippen molar-refractivity contribution < 1.29 is 36.6 Å². The Labute approximate surface area is 318 Å². The van der Waals surface area contributed by atoms with Gasteiger partial charge in [0.05, 0.1) is 11.0 Å². The number of unbranched alkanes of at least 4 members (excludes halogenated alkanes) is 2. The van der Waals surface area contributed by atoms with Crippen molar-refractivity contribution >= 4 is 39.7 Å². The molecule has 54 heavy (non-hydrogen) atoms. The molecule has 1 aromatic rings. The molecule has 0 spiro atoms. The summed E-state index contributed by atoms with van der Waals surface area (Å²) in [7, 11) is -4.66. The van der Waals surface area contributed by atoms with E-state index >= 15 is 0 Å². The Kier molecular flexibility index (Phi) is 12.2. The second kappa shape index (κ2) is 16.3. The lowest BCUT2D eigenvalue weighted by Gasteiger charge is -2.27. The van der Waals surface area contributed by atoms with E-state index in [-0.39, 0.29) is 29.6 Å². The molecule has 0 saturated carbocycles. The van der Waals surface area contributed by atoms with E-state index in [2.05, 4.69) is 68.4 Å². The number of allylic oxidation sites excluding steroid dienone is 5. The fraction of sp³-hybridized carbons (Fsp3) is 0.429. The number of nitrogens with zero attached hydrogens (tertiary/aromatic N) is 3. The number of hydroxylamine groups is 2. The third-order valence-electron chi connectivity index (χ3n) is 10.1. The first-order chi connectivity index (χ1) is 25.4. The van der Waals surface area contributed by atoms with Gasteiger partial charge in [-0.25, -0.2) is 17.8 Å². The zero-order valence-electron chi connectivity index (χ0n) is 32.3. The predicted molar refractivity (Wildman–Crippen MR) is 207 cm³/mol. The molecule has 0 atom stereocenters. The molecule has 4 aliphatic rings. The van der Waals surface area contributed by atoms with Crippen LogP contribution in [-0.2, 0) is 40.2 Å². The Hall–Kier alpha value is -4.81. The van der Waals surface area contributed by atoms with E-state index in [1.165, 1.54) is 17.7 Å². The molecule has 1 aliphatic carbocycles. The van der Waals surface area contributed by atoms with Gasteiger partial charge in [-0.1, -0.05) is 59.3 Å². The second-order valence-electron chi connectivity index (χ2n) is 15.2. The minimum absolute atomic E-state index is 0.0417. The molecule has 11 nitrogen and oxygen atoms in total. The van der Waals surface area contributed by atoms with Gasteiger partial charge in [0.2, 0.25) is 5.36 Å². The lowest BCUT2D eigenvalue weighted by molar-refractivity contribution is -0.197. The Morgan fingerprint density at radius 3 is 2.31 bits per heavy atom. The maximum Gasteiger partial charge on any atom is 0.333 e. The molecule has 5 rings (SSSR count). The highest BCUT2D eigenvalue weighted by Crippen LogP contribution is 2.48. The van der Waals surface area contributed by atoms with Crippen molar-refractivity contribution in [3.8, 4) is 11.3 Å². The fourth-order valence-electron chi connectivity index (χ4n) is 7.12. The van der Waals surface area contributed by atoms with Crippen molar-refractivity contribution in [2.45, 2.75) is 103 Å². The molecule has 0 aromatic heterocycles. The van der Waals surface area contributed by atoms with Gasteiger partial charge < -0.3 is 18.7 Å². The molecule has 2 amide bonds. The number of carbonyl (C=O) groups excluding carboxylic acids is 3. The van der Waals surface area contributed by atoms with Crippen LogP contribution in [0.2, 0.25) is 0 Å². The Bertz CT molecular complexity index is 2150. The van der Waals surface area contributed by atoms with Crippen molar-refractivity contribution in [2.75, 3.05) is 24.5 Å². The minimum atomic E-state index is -4.66. The number of imide groups is 1. The largest absolute Gasteiger partial charge is 0.744 e. The SMILES string of the molecule is CC[N+](CC)=c1ccc2c(C(C)(C)C)cc(C=CC=CC=C3N(CCCCCC(=O)ON4C(=O)CCC4=O)c4ccc(S(=O)(=O)[O-])cc4C3(C)C)oc-2c1. The van der Waals surface area contributed by atoms with E-state index in [1.54, 1.807) is 6.07 Å². The van der Waals surface area contributed by atoms with Gasteiger partial charge in [-0.15, -0.1) is 5.06 Å². The number of anilines is 1. The normalized spacial score (nSPS) is 16.8. The number of rotatable bonds is 13. The number of hydrogen-bond donors (Lipinski definition) is 0. The van der Waals surface area contributed by atoms with Gasteiger partial charge in [0.15, 0.2) is 0 Å². The van der Waals surface area contributed by atoms with Crippen LogP contribution < -0.4 is 14.8 Å². The van der Waals surface area contributed by atoms with Crippen molar-refractivity contribution in [2.24, 2.45) is 0 Å². The standard InChI is InChI=1S/C42H51N3O8S/c1-8-43(9-2)29-19-21-32-33(41(3,4)5)27-30(52-36(32)26-29)16-12-10-13-17-37-42(6,7)34-28-31(54(49,50)51)20-22-35(34)44(37)25-15-11-14-18-40(48)53-45-38(46)23-24-39(45)47/h10,12-13,16-17,19-22,26-28H,8-9,11,14-15,18,23-25H2,1-7H3. The molecule has 1 aromatic carbocycles. The molecule has 0 unspecified atom stereocenters. The lowest BCUT2D eigenvalue weighted by Crippen LogP contribution is -2.32. The summed E-state index contributed by atoms with van der Waals surface area (Å²) in [4.78, 5) is 42.6. The van der Waals surface area contributed by atoms with Crippen LogP contribution >= 0.6 is 0 Å². The summed E-state index contributed by atoms with van der Waals surface area (Å²) in [6.45, 7) is 17.2. The van der Waals surface area contributed by atoms with Gasteiger partial charge in [0.25, 0.3) is 11.8 Å². The van der Waals surface area contributed by atoms with Crippen molar-refractivity contribution in [3.63, 3.8) is 0 Å². The van der Waals surface area contributed by atoms with Crippen LogP contribution in [0.3, 0.4) is 0 Å². The van der Waals surface area contributed by atoms with Crippen LogP contribution in [0.5, 0.6) is 0 Å². The van der Waals surface area contributed by atoms with Crippen molar-refractivity contribution in [1.29, 1.82) is 0 Å². The monoisotopic (exact) mass is 757 g/mol. The number of amides is 2. The molecule has 0 bridgehead atoms. The summed E-state index contributed by atoms with van der Waals surface area (Å²) in [6, 6.07) is 13.0. The first-order valence-electron chi connectivity index (χ1n) is 18.6. The maximum absolute atomic E-state index is 12.3. The van der Waals surface area contributed by atoms with Gasteiger partial charge in [-0.05, 0) is 85.7 Å².